The molecule has 1 amide bonds. The molecule has 0 aliphatic carbocycles. The van der Waals surface area contributed by atoms with Crippen molar-refractivity contribution >= 4 is 34.6 Å². The van der Waals surface area contributed by atoms with Gasteiger partial charge < -0.3 is 10.1 Å². The Kier molecular flexibility index (Phi) is 5.04. The lowest BCUT2D eigenvalue weighted by Crippen LogP contribution is -2.28. The van der Waals surface area contributed by atoms with Crippen LogP contribution in [-0.4, -0.2) is 35.6 Å². The number of methoxy groups -OCH3 is 1. The Balaban J connectivity index is 2.08. The zero-order valence-corrected chi connectivity index (χ0v) is 14.4. The zero-order valence-electron chi connectivity index (χ0n) is 12.9. The summed E-state index contributed by atoms with van der Waals surface area (Å²) in [6, 6.07) is 10.8. The van der Waals surface area contributed by atoms with Gasteiger partial charge in [-0.2, -0.15) is 0 Å². The average Bonchev–Trinajstić information content (AvgIpc) is 2.94. The van der Waals surface area contributed by atoms with Crippen LogP contribution < -0.4 is 5.32 Å². The molecule has 3 aromatic rings. The van der Waals surface area contributed by atoms with E-state index in [2.05, 4.69) is 10.3 Å². The Bertz CT molecular complexity index is 872. The quantitative estimate of drug-likeness (QED) is 0.703. The number of carbonyl (C=O) groups excluding carboxylic acids is 1. The van der Waals surface area contributed by atoms with Crippen LogP contribution in [-0.2, 0) is 4.74 Å². The van der Waals surface area contributed by atoms with Crippen molar-refractivity contribution in [3.05, 3.63) is 58.5 Å². The van der Waals surface area contributed by atoms with E-state index in [9.17, 15) is 4.79 Å². The van der Waals surface area contributed by atoms with E-state index in [4.69, 9.17) is 27.9 Å². The molecule has 124 valence electrons. The van der Waals surface area contributed by atoms with Gasteiger partial charge in [0.15, 0.2) is 0 Å². The molecule has 24 heavy (non-hydrogen) atoms. The van der Waals surface area contributed by atoms with Gasteiger partial charge in [0.2, 0.25) is 5.82 Å². The van der Waals surface area contributed by atoms with E-state index in [1.807, 2.05) is 18.2 Å². The summed E-state index contributed by atoms with van der Waals surface area (Å²) >= 11 is 12.2. The summed E-state index contributed by atoms with van der Waals surface area (Å²) < 4.78 is 6.69. The van der Waals surface area contributed by atoms with Crippen molar-refractivity contribution in [3.8, 4) is 11.3 Å². The Morgan fingerprint density at radius 1 is 1.25 bits per heavy atom. The van der Waals surface area contributed by atoms with Crippen LogP contribution in [0.2, 0.25) is 10.0 Å². The third-order valence-electron chi connectivity index (χ3n) is 3.48. The fourth-order valence-corrected chi connectivity index (χ4v) is 2.97. The maximum atomic E-state index is 12.4. The molecule has 0 unspecified atom stereocenters. The van der Waals surface area contributed by atoms with Crippen LogP contribution in [0.15, 0.2) is 42.6 Å². The van der Waals surface area contributed by atoms with Crippen LogP contribution in [0, 0.1) is 0 Å². The minimum absolute atomic E-state index is 0.271. The minimum Gasteiger partial charge on any atom is -0.383 e. The second-order valence-corrected chi connectivity index (χ2v) is 6.02. The number of hydrogen-bond donors (Lipinski definition) is 1. The Hall–Kier alpha value is -2.08. The van der Waals surface area contributed by atoms with Crippen molar-refractivity contribution in [3.63, 3.8) is 0 Å². The predicted octanol–water partition coefficient (Wildman–Crippen LogP) is 3.68. The summed E-state index contributed by atoms with van der Waals surface area (Å²) in [5.41, 5.74) is 2.21. The zero-order chi connectivity index (χ0) is 17.1. The third kappa shape index (κ3) is 3.38. The van der Waals surface area contributed by atoms with Crippen LogP contribution in [0.3, 0.4) is 0 Å². The van der Waals surface area contributed by atoms with Gasteiger partial charge in [-0.15, -0.1) is 0 Å². The SMILES string of the molecule is COCCNC(=O)c1nc(-c2cc(Cl)cc(Cl)c2)c2ccccn12. The highest BCUT2D eigenvalue weighted by molar-refractivity contribution is 6.35. The van der Waals surface area contributed by atoms with Crippen molar-refractivity contribution in [2.45, 2.75) is 0 Å². The van der Waals surface area contributed by atoms with Crippen molar-refractivity contribution in [2.24, 2.45) is 0 Å². The van der Waals surface area contributed by atoms with Crippen LogP contribution in [0.5, 0.6) is 0 Å². The van der Waals surface area contributed by atoms with Gasteiger partial charge in [-0.1, -0.05) is 29.3 Å². The normalized spacial score (nSPS) is 11.0. The second-order valence-electron chi connectivity index (χ2n) is 5.15. The number of aromatic nitrogens is 2. The first kappa shape index (κ1) is 16.8. The molecule has 2 aromatic heterocycles. The fourth-order valence-electron chi connectivity index (χ4n) is 2.45. The number of halogens is 2. The number of carbonyl (C=O) groups is 1. The Morgan fingerprint density at radius 2 is 2.00 bits per heavy atom. The first-order chi connectivity index (χ1) is 11.6. The van der Waals surface area contributed by atoms with Crippen molar-refractivity contribution in [1.82, 2.24) is 14.7 Å². The highest BCUT2D eigenvalue weighted by Crippen LogP contribution is 2.30. The number of amides is 1. The number of nitrogens with one attached hydrogen (secondary N) is 1. The largest absolute Gasteiger partial charge is 0.383 e. The summed E-state index contributed by atoms with van der Waals surface area (Å²) in [5.74, 6) is 0.0282. The molecular formula is C17H15Cl2N3O2. The molecule has 0 aliphatic rings. The molecule has 0 radical (unpaired) electrons. The molecule has 2 heterocycles. The van der Waals surface area contributed by atoms with Crippen LogP contribution in [0.25, 0.3) is 16.8 Å². The van der Waals surface area contributed by atoms with Crippen LogP contribution in [0.1, 0.15) is 10.6 Å². The van der Waals surface area contributed by atoms with Gasteiger partial charge in [-0.3, -0.25) is 9.20 Å². The van der Waals surface area contributed by atoms with Crippen molar-refractivity contribution in [1.29, 1.82) is 0 Å². The number of imidazole rings is 1. The number of benzene rings is 1. The number of rotatable bonds is 5. The molecule has 1 N–H and O–H groups in total. The molecule has 0 saturated heterocycles. The Labute approximate surface area is 149 Å². The molecule has 0 atom stereocenters. The molecule has 0 fully saturated rings. The molecule has 0 saturated carbocycles. The number of hydrogen-bond acceptors (Lipinski definition) is 3. The fraction of sp³-hybridized carbons (Fsp3) is 0.176. The Morgan fingerprint density at radius 3 is 2.71 bits per heavy atom. The summed E-state index contributed by atoms with van der Waals surface area (Å²) in [6.07, 6.45) is 1.79. The number of pyridine rings is 1. The first-order valence-electron chi connectivity index (χ1n) is 7.31. The van der Waals surface area contributed by atoms with E-state index in [0.29, 0.717) is 34.7 Å². The first-order valence-corrected chi connectivity index (χ1v) is 8.06. The summed E-state index contributed by atoms with van der Waals surface area (Å²) in [6.45, 7) is 0.848. The summed E-state index contributed by atoms with van der Waals surface area (Å²) in [5, 5.41) is 3.81. The van der Waals surface area contributed by atoms with E-state index in [1.54, 1.807) is 35.9 Å². The molecule has 3 rings (SSSR count). The number of nitrogens with zero attached hydrogens (tertiary/aromatic N) is 2. The highest BCUT2D eigenvalue weighted by Gasteiger charge is 2.18. The van der Waals surface area contributed by atoms with Gasteiger partial charge in [-0.25, -0.2) is 4.98 Å². The van der Waals surface area contributed by atoms with Gasteiger partial charge >= 0.3 is 0 Å². The van der Waals surface area contributed by atoms with E-state index in [1.165, 1.54) is 0 Å². The van der Waals surface area contributed by atoms with Gasteiger partial charge in [0.25, 0.3) is 5.91 Å². The smallest absolute Gasteiger partial charge is 0.287 e. The number of ether oxygens (including phenoxy) is 1. The minimum atomic E-state index is -0.271. The lowest BCUT2D eigenvalue weighted by atomic mass is 10.1. The molecule has 0 bridgehead atoms. The van der Waals surface area contributed by atoms with Gasteiger partial charge in [0, 0.05) is 35.5 Å². The maximum Gasteiger partial charge on any atom is 0.287 e. The highest BCUT2D eigenvalue weighted by atomic mass is 35.5. The maximum absolute atomic E-state index is 12.4. The van der Waals surface area contributed by atoms with Crippen LogP contribution >= 0.6 is 23.2 Å². The summed E-state index contributed by atoms with van der Waals surface area (Å²) in [7, 11) is 1.58. The van der Waals surface area contributed by atoms with Crippen molar-refractivity contribution in [2.75, 3.05) is 20.3 Å². The van der Waals surface area contributed by atoms with Gasteiger partial charge in [-0.05, 0) is 30.3 Å². The summed E-state index contributed by atoms with van der Waals surface area (Å²) in [4.78, 5) is 16.9. The van der Waals surface area contributed by atoms with Crippen LogP contribution in [0.4, 0.5) is 0 Å². The van der Waals surface area contributed by atoms with Gasteiger partial charge in [0.05, 0.1) is 17.8 Å². The topological polar surface area (TPSA) is 55.6 Å². The lowest BCUT2D eigenvalue weighted by Gasteiger charge is -2.03. The molecule has 5 nitrogen and oxygen atoms in total. The molecular weight excluding hydrogens is 349 g/mol. The third-order valence-corrected chi connectivity index (χ3v) is 3.92. The van der Waals surface area contributed by atoms with Crippen molar-refractivity contribution < 1.29 is 9.53 Å². The predicted molar refractivity (Wildman–Crippen MR) is 94.9 cm³/mol. The van der Waals surface area contributed by atoms with E-state index < -0.39 is 0 Å². The van der Waals surface area contributed by atoms with E-state index in [0.717, 1.165) is 11.1 Å². The molecule has 1 aromatic carbocycles. The lowest BCUT2D eigenvalue weighted by molar-refractivity contribution is 0.0926. The monoisotopic (exact) mass is 363 g/mol. The van der Waals surface area contributed by atoms with Gasteiger partial charge in [0.1, 0.15) is 0 Å². The average molecular weight is 364 g/mol. The standard InChI is InChI=1S/C17H15Cl2N3O2/c1-24-7-5-20-17(23)16-21-15(14-4-2-3-6-22(14)16)11-8-12(18)10-13(19)9-11/h2-4,6,8-10H,5,7H2,1H3,(H,20,23). The molecule has 0 spiro atoms. The molecule has 0 aliphatic heterocycles. The molecule has 7 heteroatoms. The van der Waals surface area contributed by atoms with E-state index in [-0.39, 0.29) is 5.91 Å². The van der Waals surface area contributed by atoms with E-state index >= 15 is 0 Å². The number of fused-ring (bicyclic) bond motifs is 1. The second kappa shape index (κ2) is 7.21.